The van der Waals surface area contributed by atoms with E-state index in [-0.39, 0.29) is 25.3 Å². The van der Waals surface area contributed by atoms with E-state index in [2.05, 4.69) is 4.90 Å². The quantitative estimate of drug-likeness (QED) is 0.581. The Kier molecular flexibility index (Phi) is 3.94. The largest absolute Gasteiger partial charge is 0.395 e. The van der Waals surface area contributed by atoms with Crippen LogP contribution in [0.5, 0.6) is 0 Å². The Balaban J connectivity index is 2.52. The second-order valence-corrected chi connectivity index (χ2v) is 3.04. The van der Waals surface area contributed by atoms with Crippen LogP contribution in [0, 0.1) is 0 Å². The third-order valence-electron chi connectivity index (χ3n) is 2.35. The summed E-state index contributed by atoms with van der Waals surface area (Å²) in [7, 11) is 0. The van der Waals surface area contributed by atoms with Crippen molar-refractivity contribution < 1.29 is 14.9 Å². The molecule has 12 heavy (non-hydrogen) atoms. The van der Waals surface area contributed by atoms with Gasteiger partial charge in [0.1, 0.15) is 0 Å². The minimum absolute atomic E-state index is 0.0564. The SMILES string of the molecule is CCN1C(CO)COCC1CO. The number of hydrogen-bond acceptors (Lipinski definition) is 4. The standard InChI is InChI=1S/C8H17NO3/c1-2-9-7(3-10)5-12-6-8(9)4-11/h7-8,10-11H,2-6H2,1H3. The minimum atomic E-state index is 0.0564. The van der Waals surface area contributed by atoms with Crippen molar-refractivity contribution in [2.45, 2.75) is 19.0 Å². The monoisotopic (exact) mass is 175 g/mol. The molecule has 0 spiro atoms. The zero-order valence-electron chi connectivity index (χ0n) is 7.44. The van der Waals surface area contributed by atoms with E-state index < -0.39 is 0 Å². The molecule has 1 heterocycles. The fourth-order valence-corrected chi connectivity index (χ4v) is 1.66. The number of aliphatic hydroxyl groups excluding tert-OH is 2. The average molecular weight is 175 g/mol. The van der Waals surface area contributed by atoms with Crippen LogP contribution in [-0.2, 0) is 4.74 Å². The maximum atomic E-state index is 9.00. The van der Waals surface area contributed by atoms with Gasteiger partial charge in [-0.15, -0.1) is 0 Å². The Labute approximate surface area is 72.7 Å². The highest BCUT2D eigenvalue weighted by Gasteiger charge is 2.28. The molecule has 1 fully saturated rings. The van der Waals surface area contributed by atoms with Gasteiger partial charge < -0.3 is 14.9 Å². The van der Waals surface area contributed by atoms with Crippen molar-refractivity contribution in [1.29, 1.82) is 0 Å². The molecule has 0 amide bonds. The molecule has 0 aromatic rings. The topological polar surface area (TPSA) is 52.9 Å². The summed E-state index contributed by atoms with van der Waals surface area (Å²) in [6.07, 6.45) is 0. The van der Waals surface area contributed by atoms with Gasteiger partial charge in [-0.25, -0.2) is 0 Å². The number of likely N-dealkylation sites (N-methyl/N-ethyl adjacent to an activating group) is 1. The van der Waals surface area contributed by atoms with Crippen LogP contribution >= 0.6 is 0 Å². The van der Waals surface area contributed by atoms with E-state index in [1.54, 1.807) is 0 Å². The molecule has 72 valence electrons. The van der Waals surface area contributed by atoms with Crippen molar-refractivity contribution in [3.8, 4) is 0 Å². The highest BCUT2D eigenvalue weighted by Crippen LogP contribution is 2.12. The molecule has 1 saturated heterocycles. The number of morpholine rings is 1. The summed E-state index contributed by atoms with van der Waals surface area (Å²) >= 11 is 0. The lowest BCUT2D eigenvalue weighted by Gasteiger charge is -2.39. The molecule has 4 heteroatoms. The average Bonchev–Trinajstić information content (AvgIpc) is 2.16. The molecule has 0 aromatic heterocycles. The smallest absolute Gasteiger partial charge is 0.0645 e. The van der Waals surface area contributed by atoms with Gasteiger partial charge in [-0.3, -0.25) is 4.90 Å². The summed E-state index contributed by atoms with van der Waals surface area (Å²) < 4.78 is 5.25. The molecular formula is C8H17NO3. The van der Waals surface area contributed by atoms with Crippen molar-refractivity contribution in [2.24, 2.45) is 0 Å². The third kappa shape index (κ3) is 1.95. The Morgan fingerprint density at radius 1 is 1.25 bits per heavy atom. The molecular weight excluding hydrogens is 158 g/mol. The van der Waals surface area contributed by atoms with E-state index in [0.29, 0.717) is 13.2 Å². The molecule has 1 aliphatic heterocycles. The van der Waals surface area contributed by atoms with Gasteiger partial charge in [0.15, 0.2) is 0 Å². The van der Waals surface area contributed by atoms with Crippen molar-refractivity contribution in [3.05, 3.63) is 0 Å². The van der Waals surface area contributed by atoms with Crippen LogP contribution in [0.3, 0.4) is 0 Å². The normalized spacial score (nSPS) is 32.2. The van der Waals surface area contributed by atoms with Gasteiger partial charge in [0.25, 0.3) is 0 Å². The summed E-state index contributed by atoms with van der Waals surface area (Å²) in [5.74, 6) is 0. The van der Waals surface area contributed by atoms with Gasteiger partial charge in [-0.05, 0) is 6.54 Å². The summed E-state index contributed by atoms with van der Waals surface area (Å²) in [6.45, 7) is 4.22. The fourth-order valence-electron chi connectivity index (χ4n) is 1.66. The van der Waals surface area contributed by atoms with Gasteiger partial charge in [0.2, 0.25) is 0 Å². The molecule has 0 aromatic carbocycles. The van der Waals surface area contributed by atoms with E-state index in [9.17, 15) is 0 Å². The molecule has 0 saturated carbocycles. The number of aliphatic hydroxyl groups is 2. The van der Waals surface area contributed by atoms with Gasteiger partial charge in [0, 0.05) is 0 Å². The third-order valence-corrected chi connectivity index (χ3v) is 2.35. The number of rotatable bonds is 3. The molecule has 1 rings (SSSR count). The van der Waals surface area contributed by atoms with Gasteiger partial charge in [-0.2, -0.15) is 0 Å². The molecule has 0 bridgehead atoms. The highest BCUT2D eigenvalue weighted by atomic mass is 16.5. The first-order valence-corrected chi connectivity index (χ1v) is 4.38. The summed E-state index contributed by atoms with van der Waals surface area (Å²) in [5.41, 5.74) is 0. The van der Waals surface area contributed by atoms with Gasteiger partial charge >= 0.3 is 0 Å². The predicted molar refractivity (Wildman–Crippen MR) is 44.9 cm³/mol. The summed E-state index contributed by atoms with van der Waals surface area (Å²) in [4.78, 5) is 2.09. The van der Waals surface area contributed by atoms with Crippen molar-refractivity contribution in [1.82, 2.24) is 4.90 Å². The molecule has 2 unspecified atom stereocenters. The zero-order valence-corrected chi connectivity index (χ0v) is 7.44. The van der Waals surface area contributed by atoms with Crippen LogP contribution in [0.15, 0.2) is 0 Å². The lowest BCUT2D eigenvalue weighted by molar-refractivity contribution is -0.0764. The van der Waals surface area contributed by atoms with E-state index in [1.807, 2.05) is 6.92 Å². The van der Waals surface area contributed by atoms with Crippen molar-refractivity contribution >= 4 is 0 Å². The lowest BCUT2D eigenvalue weighted by Crippen LogP contribution is -2.54. The van der Waals surface area contributed by atoms with Crippen LogP contribution in [0.1, 0.15) is 6.92 Å². The number of ether oxygens (including phenoxy) is 1. The van der Waals surface area contributed by atoms with Crippen LogP contribution in [0.4, 0.5) is 0 Å². The summed E-state index contributed by atoms with van der Waals surface area (Å²) in [6, 6.07) is 0.113. The Morgan fingerprint density at radius 2 is 1.75 bits per heavy atom. The minimum Gasteiger partial charge on any atom is -0.395 e. The zero-order chi connectivity index (χ0) is 8.97. The first-order valence-electron chi connectivity index (χ1n) is 4.38. The molecule has 4 nitrogen and oxygen atoms in total. The maximum Gasteiger partial charge on any atom is 0.0645 e. The Hall–Kier alpha value is -0.160. The van der Waals surface area contributed by atoms with Gasteiger partial charge in [-0.1, -0.05) is 6.92 Å². The van der Waals surface area contributed by atoms with Crippen LogP contribution < -0.4 is 0 Å². The second-order valence-electron chi connectivity index (χ2n) is 3.04. The second kappa shape index (κ2) is 4.77. The van der Waals surface area contributed by atoms with Crippen molar-refractivity contribution in [3.63, 3.8) is 0 Å². The fraction of sp³-hybridized carbons (Fsp3) is 1.00. The van der Waals surface area contributed by atoms with Crippen LogP contribution in [0.2, 0.25) is 0 Å². The molecule has 1 aliphatic rings. The van der Waals surface area contributed by atoms with E-state index >= 15 is 0 Å². The van der Waals surface area contributed by atoms with Crippen LogP contribution in [0.25, 0.3) is 0 Å². The van der Waals surface area contributed by atoms with E-state index in [4.69, 9.17) is 14.9 Å². The predicted octanol–water partition coefficient (Wildman–Crippen LogP) is -0.940. The van der Waals surface area contributed by atoms with Gasteiger partial charge in [0.05, 0.1) is 38.5 Å². The lowest BCUT2D eigenvalue weighted by atomic mass is 10.1. The number of hydrogen-bond donors (Lipinski definition) is 2. The molecule has 0 aliphatic carbocycles. The van der Waals surface area contributed by atoms with E-state index in [1.165, 1.54) is 0 Å². The first-order chi connectivity index (χ1) is 5.83. The van der Waals surface area contributed by atoms with Crippen LogP contribution in [-0.4, -0.2) is 60.2 Å². The highest BCUT2D eigenvalue weighted by molar-refractivity contribution is 4.81. The van der Waals surface area contributed by atoms with Crippen molar-refractivity contribution in [2.75, 3.05) is 33.0 Å². The molecule has 2 atom stereocenters. The molecule has 2 N–H and O–H groups in total. The Morgan fingerprint density at radius 3 is 2.08 bits per heavy atom. The first kappa shape index (κ1) is 9.92. The maximum absolute atomic E-state index is 9.00. The Bertz CT molecular complexity index is 119. The number of nitrogens with zero attached hydrogens (tertiary/aromatic N) is 1. The summed E-state index contributed by atoms with van der Waals surface area (Å²) in [5, 5.41) is 18.0. The molecule has 0 radical (unpaired) electrons. The van der Waals surface area contributed by atoms with E-state index in [0.717, 1.165) is 6.54 Å².